The number of hydrogen-bond acceptors (Lipinski definition) is 3. The molecule has 17 heavy (non-hydrogen) atoms. The van der Waals surface area contributed by atoms with Crippen LogP contribution in [0.4, 0.5) is 5.69 Å². The highest BCUT2D eigenvalue weighted by Gasteiger charge is 2.11. The monoisotopic (exact) mass is 299 g/mol. The summed E-state index contributed by atoms with van der Waals surface area (Å²) in [5, 5.41) is 19.4. The Labute approximate surface area is 106 Å². The number of benzene rings is 1. The van der Waals surface area contributed by atoms with Crippen molar-refractivity contribution in [2.24, 2.45) is 0 Å². The van der Waals surface area contributed by atoms with Crippen molar-refractivity contribution in [2.75, 3.05) is 0 Å². The Morgan fingerprint density at radius 3 is 2.65 bits per heavy atom. The smallest absolute Gasteiger partial charge is 0.331 e. The van der Waals surface area contributed by atoms with Gasteiger partial charge in [-0.05, 0) is 46.1 Å². The van der Waals surface area contributed by atoms with E-state index in [0.717, 1.165) is 0 Å². The first-order chi connectivity index (χ1) is 7.95. The van der Waals surface area contributed by atoms with Crippen molar-refractivity contribution in [1.29, 1.82) is 0 Å². The summed E-state index contributed by atoms with van der Waals surface area (Å²) in [6.45, 7) is 1.74. The quantitative estimate of drug-likeness (QED) is 0.526. The fourth-order valence-corrected chi connectivity index (χ4v) is 1.82. The zero-order valence-corrected chi connectivity index (χ0v) is 10.6. The van der Waals surface area contributed by atoms with Gasteiger partial charge in [0, 0.05) is 11.6 Å². The van der Waals surface area contributed by atoms with Gasteiger partial charge in [0.25, 0.3) is 5.69 Å². The number of halogens is 1. The van der Waals surface area contributed by atoms with Crippen LogP contribution in [0.1, 0.15) is 18.9 Å². The maximum atomic E-state index is 10.8. The summed E-state index contributed by atoms with van der Waals surface area (Å²) in [4.78, 5) is 20.9. The average Bonchev–Trinajstić information content (AvgIpc) is 2.24. The minimum atomic E-state index is -0.984. The highest BCUT2D eigenvalue weighted by molar-refractivity contribution is 9.10. The van der Waals surface area contributed by atoms with E-state index in [4.69, 9.17) is 5.11 Å². The van der Waals surface area contributed by atoms with Gasteiger partial charge in [0.05, 0.1) is 9.40 Å². The van der Waals surface area contributed by atoms with E-state index in [1.165, 1.54) is 24.3 Å². The second-order valence-electron chi connectivity index (χ2n) is 3.30. The number of carboxylic acids is 1. The first-order valence-corrected chi connectivity index (χ1v) is 5.62. The van der Waals surface area contributed by atoms with Crippen molar-refractivity contribution >= 4 is 33.7 Å². The Hall–Kier alpha value is -1.69. The summed E-state index contributed by atoms with van der Waals surface area (Å²) in [6.07, 6.45) is 1.89. The molecule has 5 nitrogen and oxygen atoms in total. The minimum Gasteiger partial charge on any atom is -0.478 e. The molecule has 0 aliphatic rings. The molecule has 1 N–H and O–H groups in total. The second kappa shape index (κ2) is 5.58. The number of nitro benzene ring substituents is 1. The molecule has 0 aliphatic heterocycles. The van der Waals surface area contributed by atoms with E-state index in [-0.39, 0.29) is 11.3 Å². The van der Waals surface area contributed by atoms with Crippen molar-refractivity contribution in [3.8, 4) is 0 Å². The van der Waals surface area contributed by atoms with Crippen molar-refractivity contribution in [3.05, 3.63) is 43.9 Å². The SMILES string of the molecule is CCC(=Cc1ccc([N+](=O)[O-])c(Br)c1)C(=O)O. The van der Waals surface area contributed by atoms with Crippen molar-refractivity contribution in [2.45, 2.75) is 13.3 Å². The average molecular weight is 300 g/mol. The van der Waals surface area contributed by atoms with Crippen molar-refractivity contribution in [3.63, 3.8) is 0 Å². The molecular weight excluding hydrogens is 290 g/mol. The zero-order chi connectivity index (χ0) is 13.0. The lowest BCUT2D eigenvalue weighted by Gasteiger charge is -2.00. The van der Waals surface area contributed by atoms with Gasteiger partial charge in [0.1, 0.15) is 0 Å². The van der Waals surface area contributed by atoms with Crippen LogP contribution >= 0.6 is 15.9 Å². The minimum absolute atomic E-state index is 0.0458. The molecule has 0 amide bonds. The van der Waals surface area contributed by atoms with Gasteiger partial charge in [-0.3, -0.25) is 10.1 Å². The standard InChI is InChI=1S/C11H10BrNO4/c1-2-8(11(14)15)5-7-3-4-10(13(16)17)9(12)6-7/h3-6H,2H2,1H3,(H,14,15). The molecule has 0 saturated carbocycles. The van der Waals surface area contributed by atoms with Crippen LogP contribution in [-0.2, 0) is 4.79 Å². The first-order valence-electron chi connectivity index (χ1n) is 4.83. The van der Waals surface area contributed by atoms with Crippen LogP contribution in [0.15, 0.2) is 28.2 Å². The molecule has 0 saturated heterocycles. The van der Waals surface area contributed by atoms with Gasteiger partial charge in [-0.1, -0.05) is 6.92 Å². The molecule has 90 valence electrons. The summed E-state index contributed by atoms with van der Waals surface area (Å²) >= 11 is 3.08. The van der Waals surface area contributed by atoms with Gasteiger partial charge in [-0.2, -0.15) is 0 Å². The van der Waals surface area contributed by atoms with Crippen LogP contribution in [-0.4, -0.2) is 16.0 Å². The fourth-order valence-electron chi connectivity index (χ4n) is 1.28. The van der Waals surface area contributed by atoms with Gasteiger partial charge < -0.3 is 5.11 Å². The van der Waals surface area contributed by atoms with Crippen LogP contribution in [0.25, 0.3) is 6.08 Å². The number of nitro groups is 1. The molecule has 0 unspecified atom stereocenters. The van der Waals surface area contributed by atoms with Gasteiger partial charge in [0.15, 0.2) is 0 Å². The maximum Gasteiger partial charge on any atom is 0.331 e. The number of hydrogen-bond donors (Lipinski definition) is 1. The lowest BCUT2D eigenvalue weighted by Crippen LogP contribution is -1.98. The molecular formula is C11H10BrNO4. The summed E-state index contributed by atoms with van der Waals surface area (Å²) < 4.78 is 0.331. The van der Waals surface area contributed by atoms with E-state index in [1.807, 2.05) is 0 Å². The predicted molar refractivity (Wildman–Crippen MR) is 66.7 cm³/mol. The van der Waals surface area contributed by atoms with E-state index in [1.54, 1.807) is 6.92 Å². The largest absolute Gasteiger partial charge is 0.478 e. The third kappa shape index (κ3) is 3.39. The van der Waals surface area contributed by atoms with E-state index in [9.17, 15) is 14.9 Å². The molecule has 1 aromatic rings. The van der Waals surface area contributed by atoms with Crippen molar-refractivity contribution < 1.29 is 14.8 Å². The summed E-state index contributed by atoms with van der Waals surface area (Å²) in [5.74, 6) is -0.984. The zero-order valence-electron chi connectivity index (χ0n) is 9.01. The number of carboxylic acid groups (broad SMARTS) is 1. The topological polar surface area (TPSA) is 80.4 Å². The lowest BCUT2D eigenvalue weighted by atomic mass is 10.1. The van der Waals surface area contributed by atoms with Crippen LogP contribution in [0.5, 0.6) is 0 Å². The third-order valence-electron chi connectivity index (χ3n) is 2.16. The van der Waals surface area contributed by atoms with Crippen LogP contribution in [0, 0.1) is 10.1 Å². The summed E-state index contributed by atoms with van der Waals surface area (Å²) in [5.41, 5.74) is 0.822. The summed E-state index contributed by atoms with van der Waals surface area (Å²) in [6, 6.07) is 4.38. The van der Waals surface area contributed by atoms with E-state index < -0.39 is 10.9 Å². The van der Waals surface area contributed by atoms with Gasteiger partial charge in [-0.25, -0.2) is 4.79 Å². The molecule has 1 rings (SSSR count). The Morgan fingerprint density at radius 1 is 1.59 bits per heavy atom. The normalized spacial score (nSPS) is 11.3. The molecule has 0 radical (unpaired) electrons. The van der Waals surface area contributed by atoms with Gasteiger partial charge in [0.2, 0.25) is 0 Å². The van der Waals surface area contributed by atoms with Crippen LogP contribution in [0.3, 0.4) is 0 Å². The van der Waals surface area contributed by atoms with Gasteiger partial charge in [-0.15, -0.1) is 0 Å². The molecule has 0 bridgehead atoms. The Kier molecular flexibility index (Phi) is 4.39. The number of aliphatic carboxylic acids is 1. The molecule has 6 heteroatoms. The third-order valence-corrected chi connectivity index (χ3v) is 2.80. The van der Waals surface area contributed by atoms with E-state index in [0.29, 0.717) is 16.5 Å². The van der Waals surface area contributed by atoms with E-state index >= 15 is 0 Å². The lowest BCUT2D eigenvalue weighted by molar-refractivity contribution is -0.385. The molecule has 0 heterocycles. The predicted octanol–water partition coefficient (Wildman–Crippen LogP) is 3.24. The Bertz CT molecular complexity index is 496. The number of rotatable bonds is 4. The molecule has 0 aromatic heterocycles. The van der Waals surface area contributed by atoms with Crippen molar-refractivity contribution in [1.82, 2.24) is 0 Å². The molecule has 0 atom stereocenters. The Balaban J connectivity index is 3.14. The van der Waals surface area contributed by atoms with E-state index in [2.05, 4.69) is 15.9 Å². The Morgan fingerprint density at radius 2 is 2.24 bits per heavy atom. The molecule has 0 spiro atoms. The van der Waals surface area contributed by atoms with Crippen LogP contribution < -0.4 is 0 Å². The number of carbonyl (C=O) groups is 1. The van der Waals surface area contributed by atoms with Crippen LogP contribution in [0.2, 0.25) is 0 Å². The fraction of sp³-hybridized carbons (Fsp3) is 0.182. The van der Waals surface area contributed by atoms with Gasteiger partial charge >= 0.3 is 5.97 Å². The highest BCUT2D eigenvalue weighted by Crippen LogP contribution is 2.26. The number of nitrogens with zero attached hydrogens (tertiary/aromatic N) is 1. The highest BCUT2D eigenvalue weighted by atomic mass is 79.9. The maximum absolute atomic E-state index is 10.8. The first kappa shape index (κ1) is 13.4. The molecule has 0 fully saturated rings. The summed E-state index contributed by atoms with van der Waals surface area (Å²) in [7, 11) is 0. The second-order valence-corrected chi connectivity index (χ2v) is 4.15. The molecule has 0 aliphatic carbocycles. The molecule has 1 aromatic carbocycles.